The molecule has 2 heteroatoms. The van der Waals surface area contributed by atoms with Gasteiger partial charge >= 0.3 is 335 Å². The predicted octanol–water partition coefficient (Wildman–Crippen LogP) is 15.5. The van der Waals surface area contributed by atoms with Gasteiger partial charge in [-0.2, -0.15) is 0 Å². The molecule has 0 radical (unpaired) electrons. The van der Waals surface area contributed by atoms with Crippen molar-refractivity contribution in [2.45, 2.75) is 79.4 Å². The molecular weight excluding hydrogens is 855 g/mol. The van der Waals surface area contributed by atoms with Crippen molar-refractivity contribution >= 4 is 19.1 Å². The van der Waals surface area contributed by atoms with Gasteiger partial charge in [0, 0.05) is 0 Å². The van der Waals surface area contributed by atoms with E-state index in [-0.39, 0.29) is 0 Å². The van der Waals surface area contributed by atoms with Crippen LogP contribution in [-0.4, -0.2) is 6.94 Å². The molecule has 0 aromatic heterocycles. The zero-order valence-corrected chi connectivity index (χ0v) is 40.4. The number of fused-ring (bicyclic) bond motifs is 2. The van der Waals surface area contributed by atoms with Crippen LogP contribution in [0.5, 0.6) is 0 Å². The Morgan fingerprint density at radius 3 is 1.05 bits per heavy atom. The molecule has 0 nitrogen and oxygen atoms in total. The molecule has 0 fully saturated rings. The summed E-state index contributed by atoms with van der Waals surface area (Å²) < 4.78 is 7.39. The summed E-state index contributed by atoms with van der Waals surface area (Å²) in [4.78, 5) is 0. The summed E-state index contributed by atoms with van der Waals surface area (Å²) >= 11 is -5.41. The minimum atomic E-state index is -5.41. The van der Waals surface area contributed by atoms with Crippen molar-refractivity contribution in [3.8, 4) is 44.5 Å². The molecule has 0 amide bonds. The van der Waals surface area contributed by atoms with Crippen LogP contribution in [0.2, 0.25) is 16.7 Å². The Labute approximate surface area is 332 Å². The normalized spacial score (nSPS) is 18.0. The van der Waals surface area contributed by atoms with Crippen molar-refractivity contribution < 1.29 is 14.2 Å². The average molecular weight is 916 g/mol. The van der Waals surface area contributed by atoms with E-state index in [1.165, 1.54) is 89.0 Å². The Morgan fingerprint density at radius 2 is 0.714 bits per heavy atom. The first-order chi connectivity index (χ1) is 26.5. The molecule has 0 bridgehead atoms. The van der Waals surface area contributed by atoms with Crippen molar-refractivity contribution in [1.82, 2.24) is 0 Å². The van der Waals surface area contributed by atoms with Crippen LogP contribution in [0.1, 0.15) is 79.6 Å². The second-order valence-electron chi connectivity index (χ2n) is 20.6. The van der Waals surface area contributed by atoms with E-state index in [2.05, 4.69) is 217 Å². The quantitative estimate of drug-likeness (QED) is 0.134. The van der Waals surface area contributed by atoms with Gasteiger partial charge < -0.3 is 0 Å². The van der Waals surface area contributed by atoms with Gasteiger partial charge in [-0.05, 0) is 0 Å². The van der Waals surface area contributed by atoms with E-state index in [1.807, 2.05) is 0 Å². The Balaban J connectivity index is 1.35. The molecule has 0 aliphatic heterocycles. The van der Waals surface area contributed by atoms with Crippen LogP contribution in [0.15, 0.2) is 133 Å². The maximum absolute atomic E-state index is 5.41. The Hall–Kier alpha value is -4.11. The molecule has 2 aliphatic rings. The third kappa shape index (κ3) is 4.91. The molecule has 0 saturated heterocycles. The molecule has 6 aromatic rings. The van der Waals surface area contributed by atoms with Gasteiger partial charge in [-0.3, -0.25) is 0 Å². The number of rotatable bonds is 8. The summed E-state index contributed by atoms with van der Waals surface area (Å²) in [7, 11) is 0. The van der Waals surface area contributed by atoms with Gasteiger partial charge in [0.25, 0.3) is 0 Å². The molecule has 0 saturated carbocycles. The SMILES string of the molecule is Cc1cccc(C)c1-c1ccccc1-c1cccc2c1C=C[CH]2[Hf]([CH3])([CH3])(=[SiH2])([CH](C)C)([CH](C)C)[CH]1C=Cc2c(-c3ccccc3-c3c(C)cccc3C)cccc21. The zero-order valence-electron chi connectivity index (χ0n) is 35.4. The van der Waals surface area contributed by atoms with Gasteiger partial charge in [0.15, 0.2) is 0 Å². The van der Waals surface area contributed by atoms with Crippen molar-refractivity contribution in [2.24, 2.45) is 0 Å². The average Bonchev–Trinajstić information content (AvgIpc) is 3.83. The minimum absolute atomic E-state index is 0.325. The molecule has 0 spiro atoms. The van der Waals surface area contributed by atoms with Gasteiger partial charge in [-0.25, -0.2) is 0 Å². The fraction of sp³-hybridized carbons (Fsp3) is 0.259. The second kappa shape index (κ2) is 12.4. The molecule has 8 rings (SSSR count). The third-order valence-electron chi connectivity index (χ3n) is 17.7. The number of allylic oxidation sites excluding steroid dienone is 2. The van der Waals surface area contributed by atoms with Crippen molar-refractivity contribution in [3.63, 3.8) is 0 Å². The van der Waals surface area contributed by atoms with Crippen LogP contribution >= 0.6 is 0 Å². The van der Waals surface area contributed by atoms with Gasteiger partial charge in [0.05, 0.1) is 0 Å². The predicted molar refractivity (Wildman–Crippen MR) is 248 cm³/mol. The Bertz CT molecular complexity index is 2570. The van der Waals surface area contributed by atoms with Gasteiger partial charge in [0.1, 0.15) is 0 Å². The molecule has 2 atom stereocenters. The summed E-state index contributed by atoms with van der Waals surface area (Å²) in [6, 6.07) is 46.0. The number of aryl methyl sites for hydroxylation is 4. The summed E-state index contributed by atoms with van der Waals surface area (Å²) in [5, 5.41) is 0. The van der Waals surface area contributed by atoms with Crippen LogP contribution in [0.4, 0.5) is 0 Å². The van der Waals surface area contributed by atoms with Gasteiger partial charge in [-0.15, -0.1) is 0 Å². The van der Waals surface area contributed by atoms with E-state index in [4.69, 9.17) is 0 Å². The van der Waals surface area contributed by atoms with Crippen molar-refractivity contribution in [1.29, 1.82) is 0 Å². The van der Waals surface area contributed by atoms with Crippen LogP contribution in [0.25, 0.3) is 56.7 Å². The molecular formula is C54H60HfSi. The number of hydrogen-bond donors (Lipinski definition) is 0. The standard InChI is InChI=1S/2C23H19.2C3H7.2CH3.Hf.H2Si/c2*1-16-8-5-9-17(2)23(16)22-13-4-3-12-21(22)20-15-7-11-18-10-6-14-19(18)20;2*1-3-2;;;;/h2*3-15H,1-2H3;2*3H,1-2H3;2*1H3;;1H2. The molecule has 2 unspecified atom stereocenters. The fourth-order valence-electron chi connectivity index (χ4n) is 12.0. The van der Waals surface area contributed by atoms with Crippen molar-refractivity contribution in [2.75, 3.05) is 0 Å². The van der Waals surface area contributed by atoms with E-state index >= 15 is 0 Å². The zero-order chi connectivity index (χ0) is 39.9. The van der Waals surface area contributed by atoms with Crippen molar-refractivity contribution in [3.05, 3.63) is 178 Å². The summed E-state index contributed by atoms with van der Waals surface area (Å²) in [5.74, 6) is 0. The van der Waals surface area contributed by atoms with E-state index < -0.39 is 14.2 Å². The van der Waals surface area contributed by atoms with Crippen LogP contribution < -0.4 is 0 Å². The maximum atomic E-state index is 2.89. The van der Waals surface area contributed by atoms with Gasteiger partial charge in [-0.1, -0.05) is 0 Å². The molecule has 6 aromatic carbocycles. The first kappa shape index (κ1) is 38.7. The Morgan fingerprint density at radius 1 is 0.411 bits per heavy atom. The van der Waals surface area contributed by atoms with E-state index in [1.54, 1.807) is 0 Å². The summed E-state index contributed by atoms with van der Waals surface area (Å²) in [6.07, 6.45) is 10.4. The molecule has 0 heterocycles. The molecule has 284 valence electrons. The topological polar surface area (TPSA) is 0 Å². The Kier molecular flexibility index (Phi) is 8.61. The van der Waals surface area contributed by atoms with E-state index in [9.17, 15) is 0 Å². The summed E-state index contributed by atoms with van der Waals surface area (Å²) in [6.45, 7) is 21.9. The van der Waals surface area contributed by atoms with E-state index in [0.29, 0.717) is 14.7 Å². The number of benzene rings is 6. The van der Waals surface area contributed by atoms with Crippen LogP contribution in [-0.2, 0) is 14.2 Å². The first-order valence-electron chi connectivity index (χ1n) is 20.9. The molecule has 0 N–H and O–H groups in total. The monoisotopic (exact) mass is 916 g/mol. The summed E-state index contributed by atoms with van der Waals surface area (Å²) in [5.41, 5.74) is 21.8. The molecule has 56 heavy (non-hydrogen) atoms. The second-order valence-corrected chi connectivity index (χ2v) is 96.6. The number of hydrogen-bond acceptors (Lipinski definition) is 0. The van der Waals surface area contributed by atoms with Crippen LogP contribution in [0, 0.1) is 27.7 Å². The molecule has 2 aliphatic carbocycles. The first-order valence-corrected chi connectivity index (χ1v) is 44.7. The third-order valence-corrected chi connectivity index (χ3v) is 98.5. The van der Waals surface area contributed by atoms with Gasteiger partial charge in [0.2, 0.25) is 0 Å². The van der Waals surface area contributed by atoms with Crippen LogP contribution in [0.3, 0.4) is 0 Å². The van der Waals surface area contributed by atoms with E-state index in [0.717, 1.165) is 0 Å². The fourth-order valence-corrected chi connectivity index (χ4v) is 52.9.